The fourth-order valence-electron chi connectivity index (χ4n) is 3.45. The lowest BCUT2D eigenvalue weighted by atomic mass is 9.87. The summed E-state index contributed by atoms with van der Waals surface area (Å²) in [5.41, 5.74) is 4.49. The van der Waals surface area contributed by atoms with Crippen LogP contribution in [0.5, 0.6) is 5.75 Å². The zero-order valence-electron chi connectivity index (χ0n) is 13.3. The van der Waals surface area contributed by atoms with Crippen LogP contribution in [0.1, 0.15) is 23.2 Å². The maximum Gasteiger partial charge on any atom is 0.306 e. The van der Waals surface area contributed by atoms with Gasteiger partial charge in [0.25, 0.3) is 0 Å². The molecular formula is C20H19NO3. The Morgan fingerprint density at radius 2 is 2.04 bits per heavy atom. The third-order valence-corrected chi connectivity index (χ3v) is 4.76. The van der Waals surface area contributed by atoms with Crippen LogP contribution in [0.3, 0.4) is 0 Å². The van der Waals surface area contributed by atoms with E-state index in [1.54, 1.807) is 0 Å². The number of aromatic nitrogens is 1. The van der Waals surface area contributed by atoms with Crippen molar-refractivity contribution >= 4 is 16.9 Å². The first-order chi connectivity index (χ1) is 11.7. The number of aryl methyl sites for hydroxylation is 1. The Morgan fingerprint density at radius 3 is 2.83 bits per heavy atom. The third-order valence-electron chi connectivity index (χ3n) is 4.76. The minimum absolute atomic E-state index is 0.278. The standard InChI is InChI=1S/C20H19NO3/c22-20(23)14-6-8-16-17-11-15(7-9-18(17)21-19(16)10-14)24-12-13-4-2-1-3-5-13/h1-5,7,9,11,14,21H,6,8,10,12H2,(H,22,23). The Balaban J connectivity index is 1.58. The molecule has 2 N–H and O–H groups in total. The Morgan fingerprint density at radius 1 is 1.21 bits per heavy atom. The van der Waals surface area contributed by atoms with Gasteiger partial charge in [0.2, 0.25) is 0 Å². The van der Waals surface area contributed by atoms with Gasteiger partial charge in [-0.05, 0) is 42.2 Å². The van der Waals surface area contributed by atoms with Crippen molar-refractivity contribution in [1.82, 2.24) is 4.98 Å². The van der Waals surface area contributed by atoms with Crippen LogP contribution < -0.4 is 4.74 Å². The van der Waals surface area contributed by atoms with Crippen LogP contribution in [-0.4, -0.2) is 16.1 Å². The molecule has 0 bridgehead atoms. The highest BCUT2D eigenvalue weighted by molar-refractivity contribution is 5.87. The molecule has 1 atom stereocenters. The van der Waals surface area contributed by atoms with Gasteiger partial charge in [-0.15, -0.1) is 0 Å². The SMILES string of the molecule is O=C(O)C1CCc2c([nH]c3ccc(OCc4ccccc4)cc23)C1. The van der Waals surface area contributed by atoms with Crippen molar-refractivity contribution in [3.63, 3.8) is 0 Å². The van der Waals surface area contributed by atoms with Crippen molar-refractivity contribution in [2.45, 2.75) is 25.9 Å². The summed E-state index contributed by atoms with van der Waals surface area (Å²) in [6, 6.07) is 16.1. The number of hydrogen-bond acceptors (Lipinski definition) is 2. The van der Waals surface area contributed by atoms with Crippen LogP contribution in [0, 0.1) is 5.92 Å². The number of aliphatic carboxylic acids is 1. The molecule has 4 nitrogen and oxygen atoms in total. The van der Waals surface area contributed by atoms with E-state index in [0.717, 1.165) is 34.3 Å². The number of nitrogens with one attached hydrogen (secondary N) is 1. The van der Waals surface area contributed by atoms with E-state index in [4.69, 9.17) is 4.74 Å². The maximum atomic E-state index is 11.2. The number of rotatable bonds is 4. The summed E-state index contributed by atoms with van der Waals surface area (Å²) in [6.07, 6.45) is 2.08. The highest BCUT2D eigenvalue weighted by Crippen LogP contribution is 2.33. The summed E-state index contributed by atoms with van der Waals surface area (Å²) in [5.74, 6) is -0.140. The van der Waals surface area contributed by atoms with Crippen molar-refractivity contribution in [2.24, 2.45) is 5.92 Å². The van der Waals surface area contributed by atoms with Crippen LogP contribution in [-0.2, 0) is 24.2 Å². The number of H-pyrrole nitrogens is 1. The van der Waals surface area contributed by atoms with Crippen molar-refractivity contribution in [2.75, 3.05) is 0 Å². The smallest absolute Gasteiger partial charge is 0.306 e. The van der Waals surface area contributed by atoms with Crippen LogP contribution in [0.15, 0.2) is 48.5 Å². The summed E-state index contributed by atoms with van der Waals surface area (Å²) in [5, 5.41) is 10.4. The van der Waals surface area contributed by atoms with Crippen molar-refractivity contribution in [3.8, 4) is 5.75 Å². The molecule has 0 saturated heterocycles. The maximum absolute atomic E-state index is 11.2. The first-order valence-electron chi connectivity index (χ1n) is 8.24. The number of carboxylic acid groups (broad SMARTS) is 1. The van der Waals surface area contributed by atoms with Crippen LogP contribution in [0.25, 0.3) is 10.9 Å². The fraction of sp³-hybridized carbons (Fsp3) is 0.250. The lowest BCUT2D eigenvalue weighted by molar-refractivity contribution is -0.142. The molecule has 0 fully saturated rings. The van der Waals surface area contributed by atoms with Gasteiger partial charge in [-0.25, -0.2) is 0 Å². The van der Waals surface area contributed by atoms with E-state index in [-0.39, 0.29) is 5.92 Å². The molecule has 0 aliphatic heterocycles. The second-order valence-electron chi connectivity index (χ2n) is 6.34. The van der Waals surface area contributed by atoms with Crippen molar-refractivity contribution < 1.29 is 14.6 Å². The van der Waals surface area contributed by atoms with Gasteiger partial charge in [0.1, 0.15) is 12.4 Å². The number of carboxylic acids is 1. The van der Waals surface area contributed by atoms with Gasteiger partial charge >= 0.3 is 5.97 Å². The average Bonchev–Trinajstić information content (AvgIpc) is 2.98. The Kier molecular flexibility index (Phi) is 3.73. The first-order valence-corrected chi connectivity index (χ1v) is 8.24. The fourth-order valence-corrected chi connectivity index (χ4v) is 3.45. The number of aromatic amines is 1. The summed E-state index contributed by atoms with van der Waals surface area (Å²) in [7, 11) is 0. The molecule has 4 rings (SSSR count). The molecule has 24 heavy (non-hydrogen) atoms. The lowest BCUT2D eigenvalue weighted by Gasteiger charge is -2.18. The summed E-state index contributed by atoms with van der Waals surface area (Å²) >= 11 is 0. The van der Waals surface area contributed by atoms with Crippen molar-refractivity contribution in [3.05, 3.63) is 65.4 Å². The van der Waals surface area contributed by atoms with E-state index in [9.17, 15) is 9.90 Å². The highest BCUT2D eigenvalue weighted by Gasteiger charge is 2.26. The average molecular weight is 321 g/mol. The molecule has 0 spiro atoms. The highest BCUT2D eigenvalue weighted by atomic mass is 16.5. The predicted molar refractivity (Wildman–Crippen MR) is 92.2 cm³/mol. The van der Waals surface area contributed by atoms with E-state index in [1.807, 2.05) is 42.5 Å². The quantitative estimate of drug-likeness (QED) is 0.765. The molecular weight excluding hydrogens is 302 g/mol. The van der Waals surface area contributed by atoms with Crippen LogP contribution >= 0.6 is 0 Å². The Bertz CT molecular complexity index is 883. The van der Waals surface area contributed by atoms with Gasteiger partial charge in [0.15, 0.2) is 0 Å². The molecule has 4 heteroatoms. The van der Waals surface area contributed by atoms with Gasteiger partial charge in [0, 0.05) is 23.0 Å². The van der Waals surface area contributed by atoms with Crippen molar-refractivity contribution in [1.29, 1.82) is 0 Å². The summed E-state index contributed by atoms with van der Waals surface area (Å²) < 4.78 is 5.91. The molecule has 1 aliphatic carbocycles. The Hall–Kier alpha value is -2.75. The second kappa shape index (κ2) is 6.04. The van der Waals surface area contributed by atoms with E-state index in [1.165, 1.54) is 5.56 Å². The normalized spacial score (nSPS) is 16.8. The summed E-state index contributed by atoms with van der Waals surface area (Å²) in [6.45, 7) is 0.542. The molecule has 1 aliphatic rings. The molecule has 0 amide bonds. The number of carbonyl (C=O) groups is 1. The first kappa shape index (κ1) is 14.8. The third kappa shape index (κ3) is 2.75. The molecule has 1 aromatic heterocycles. The largest absolute Gasteiger partial charge is 0.489 e. The monoisotopic (exact) mass is 321 g/mol. The number of hydrogen-bond donors (Lipinski definition) is 2. The molecule has 2 aromatic carbocycles. The number of benzene rings is 2. The van der Waals surface area contributed by atoms with Gasteiger partial charge in [0.05, 0.1) is 5.92 Å². The number of ether oxygens (including phenoxy) is 1. The molecule has 1 heterocycles. The zero-order valence-corrected chi connectivity index (χ0v) is 13.3. The molecule has 122 valence electrons. The minimum Gasteiger partial charge on any atom is -0.489 e. The minimum atomic E-state index is -0.703. The van der Waals surface area contributed by atoms with E-state index < -0.39 is 5.97 Å². The van der Waals surface area contributed by atoms with E-state index in [0.29, 0.717) is 19.4 Å². The van der Waals surface area contributed by atoms with Crippen LogP contribution in [0.4, 0.5) is 0 Å². The molecule has 0 saturated carbocycles. The number of fused-ring (bicyclic) bond motifs is 3. The van der Waals surface area contributed by atoms with E-state index >= 15 is 0 Å². The van der Waals surface area contributed by atoms with Gasteiger partial charge in [-0.2, -0.15) is 0 Å². The van der Waals surface area contributed by atoms with E-state index in [2.05, 4.69) is 11.1 Å². The second-order valence-corrected chi connectivity index (χ2v) is 6.34. The summed E-state index contributed by atoms with van der Waals surface area (Å²) in [4.78, 5) is 14.6. The molecule has 1 unspecified atom stereocenters. The van der Waals surface area contributed by atoms with Gasteiger partial charge in [-0.1, -0.05) is 30.3 Å². The zero-order chi connectivity index (χ0) is 16.5. The Labute approximate surface area is 140 Å². The van der Waals surface area contributed by atoms with Gasteiger partial charge < -0.3 is 14.8 Å². The molecule has 0 radical (unpaired) electrons. The predicted octanol–water partition coefficient (Wildman–Crippen LogP) is 3.94. The van der Waals surface area contributed by atoms with Gasteiger partial charge in [-0.3, -0.25) is 4.79 Å². The van der Waals surface area contributed by atoms with Crippen LogP contribution in [0.2, 0.25) is 0 Å². The molecule has 3 aromatic rings. The topological polar surface area (TPSA) is 62.3 Å². The lowest BCUT2D eigenvalue weighted by Crippen LogP contribution is -2.21.